The summed E-state index contributed by atoms with van der Waals surface area (Å²) in [6.07, 6.45) is 17.1. The smallest absolute Gasteiger partial charge is 0.339 e. The highest BCUT2D eigenvalue weighted by molar-refractivity contribution is 5.94. The number of phenolic OH excluding ortho intramolecular Hbond substituents is 1. The lowest BCUT2D eigenvalue weighted by Gasteiger charge is -2.46. The van der Waals surface area contributed by atoms with Gasteiger partial charge < -0.3 is 24.8 Å². The first-order valence-corrected chi connectivity index (χ1v) is 18.9. The molecule has 4 atom stereocenters. The maximum atomic E-state index is 11.9. The Labute approximate surface area is 294 Å². The molecule has 6 rings (SSSR count). The Hall–Kier alpha value is -3.41. The summed E-state index contributed by atoms with van der Waals surface area (Å²) in [5.41, 5.74) is 5.79. The molecule has 0 bridgehead atoms. The molecule has 0 aromatic heterocycles. The van der Waals surface area contributed by atoms with Crippen molar-refractivity contribution >= 4 is 5.97 Å². The van der Waals surface area contributed by atoms with Crippen LogP contribution in [-0.4, -0.2) is 32.5 Å². The first kappa shape index (κ1) is 36.9. The maximum absolute atomic E-state index is 11.9. The van der Waals surface area contributed by atoms with E-state index in [1.54, 1.807) is 0 Å². The van der Waals surface area contributed by atoms with E-state index < -0.39 is 5.97 Å². The number of unbranched alkanes of at least 4 members (excludes halogenated alkanes) is 4. The zero-order valence-corrected chi connectivity index (χ0v) is 31.2. The van der Waals surface area contributed by atoms with Crippen molar-refractivity contribution in [2.75, 3.05) is 0 Å². The zero-order valence-electron chi connectivity index (χ0n) is 31.2. The van der Waals surface area contributed by atoms with Gasteiger partial charge in [0.05, 0.1) is 0 Å². The fourth-order valence-corrected chi connectivity index (χ4v) is 8.91. The van der Waals surface area contributed by atoms with E-state index in [0.717, 1.165) is 62.7 Å². The number of ether oxygens (including phenoxy) is 2. The van der Waals surface area contributed by atoms with Crippen LogP contribution >= 0.6 is 0 Å². The average Bonchev–Trinajstić information content (AvgIpc) is 3.00. The minimum atomic E-state index is -1.06. The van der Waals surface area contributed by atoms with E-state index in [-0.39, 0.29) is 40.3 Å². The number of carboxylic acid groups (broad SMARTS) is 1. The zero-order chi connectivity index (χ0) is 35.7. The number of carboxylic acids is 1. The second-order valence-corrected chi connectivity index (χ2v) is 16.2. The van der Waals surface area contributed by atoms with Gasteiger partial charge in [0.25, 0.3) is 0 Å². The fraction of sp³-hybridized carbons (Fsp3) is 0.605. The molecule has 2 aromatic rings. The second-order valence-electron chi connectivity index (χ2n) is 16.2. The molecular formula is C43H60O6. The SMILES string of the molecule is CCCCCc1cc(O)c2c(c1)OC(C)(C)[C@H]1CCC(C)=C[C@@H]21.CCCCCc1cc2c(c(O)c1C(=O)O)[C@@H]1C=C(C)CC[C@H]1C(C)(C)O2. The van der Waals surface area contributed by atoms with E-state index in [4.69, 9.17) is 9.47 Å². The van der Waals surface area contributed by atoms with Crippen LogP contribution < -0.4 is 9.47 Å². The summed E-state index contributed by atoms with van der Waals surface area (Å²) < 4.78 is 12.7. The minimum absolute atomic E-state index is 0.00490. The van der Waals surface area contributed by atoms with Gasteiger partial charge in [0.2, 0.25) is 0 Å². The van der Waals surface area contributed by atoms with E-state index in [1.807, 2.05) is 12.1 Å². The summed E-state index contributed by atoms with van der Waals surface area (Å²) in [5, 5.41) is 31.4. The third-order valence-electron chi connectivity index (χ3n) is 11.6. The predicted molar refractivity (Wildman–Crippen MR) is 197 cm³/mol. The third kappa shape index (κ3) is 7.68. The van der Waals surface area contributed by atoms with Crippen molar-refractivity contribution in [1.82, 2.24) is 0 Å². The van der Waals surface area contributed by atoms with Gasteiger partial charge in [0.15, 0.2) is 0 Å². The van der Waals surface area contributed by atoms with Crippen molar-refractivity contribution in [3.8, 4) is 23.0 Å². The van der Waals surface area contributed by atoms with Crippen LogP contribution in [-0.2, 0) is 12.8 Å². The number of phenols is 2. The van der Waals surface area contributed by atoms with Crippen LogP contribution in [0, 0.1) is 11.8 Å². The predicted octanol–water partition coefficient (Wildman–Crippen LogP) is 11.2. The Kier molecular flexibility index (Phi) is 11.2. The van der Waals surface area contributed by atoms with Crippen LogP contribution in [0.4, 0.5) is 0 Å². The molecule has 2 aromatic carbocycles. The molecule has 4 aliphatic rings. The van der Waals surface area contributed by atoms with Crippen molar-refractivity contribution in [3.05, 3.63) is 69.3 Å². The van der Waals surface area contributed by atoms with Crippen molar-refractivity contribution in [2.24, 2.45) is 11.8 Å². The number of fused-ring (bicyclic) bond motifs is 6. The van der Waals surface area contributed by atoms with E-state index in [0.29, 0.717) is 35.0 Å². The molecule has 268 valence electrons. The van der Waals surface area contributed by atoms with Gasteiger partial charge in [-0.2, -0.15) is 0 Å². The summed E-state index contributed by atoms with van der Waals surface area (Å²) in [4.78, 5) is 11.9. The third-order valence-corrected chi connectivity index (χ3v) is 11.6. The summed E-state index contributed by atoms with van der Waals surface area (Å²) >= 11 is 0. The minimum Gasteiger partial charge on any atom is -0.507 e. The lowest BCUT2D eigenvalue weighted by Crippen LogP contribution is -2.45. The number of benzene rings is 2. The molecule has 0 spiro atoms. The van der Waals surface area contributed by atoms with Crippen LogP contribution in [0.25, 0.3) is 0 Å². The van der Waals surface area contributed by atoms with Crippen LogP contribution in [0.2, 0.25) is 0 Å². The van der Waals surface area contributed by atoms with E-state index in [2.05, 4.69) is 73.6 Å². The van der Waals surface area contributed by atoms with Gasteiger partial charge in [-0.15, -0.1) is 0 Å². The fourth-order valence-electron chi connectivity index (χ4n) is 8.91. The number of allylic oxidation sites excluding steroid dienone is 4. The van der Waals surface area contributed by atoms with Gasteiger partial charge in [0, 0.05) is 34.8 Å². The number of hydrogen-bond donors (Lipinski definition) is 3. The summed E-state index contributed by atoms with van der Waals surface area (Å²) in [7, 11) is 0. The molecule has 0 saturated heterocycles. The van der Waals surface area contributed by atoms with Crippen molar-refractivity contribution in [1.29, 1.82) is 0 Å². The Bertz CT molecular complexity index is 1590. The molecule has 49 heavy (non-hydrogen) atoms. The quantitative estimate of drug-likeness (QED) is 0.181. The van der Waals surface area contributed by atoms with Crippen LogP contribution in [0.5, 0.6) is 23.0 Å². The molecule has 0 fully saturated rings. The maximum Gasteiger partial charge on any atom is 0.339 e. The van der Waals surface area contributed by atoms with Gasteiger partial charge in [-0.3, -0.25) is 0 Å². The molecule has 2 aliphatic heterocycles. The van der Waals surface area contributed by atoms with E-state index >= 15 is 0 Å². The highest BCUT2D eigenvalue weighted by atomic mass is 16.5. The molecule has 6 heteroatoms. The Morgan fingerprint density at radius 2 is 1.27 bits per heavy atom. The summed E-state index contributed by atoms with van der Waals surface area (Å²) in [6.45, 7) is 17.2. The van der Waals surface area contributed by atoms with Crippen molar-refractivity contribution in [3.63, 3.8) is 0 Å². The first-order chi connectivity index (χ1) is 23.2. The molecule has 0 radical (unpaired) electrons. The van der Waals surface area contributed by atoms with Crippen LogP contribution in [0.3, 0.4) is 0 Å². The monoisotopic (exact) mass is 672 g/mol. The normalized spacial score (nSPS) is 24.2. The Morgan fingerprint density at radius 1 is 0.755 bits per heavy atom. The van der Waals surface area contributed by atoms with Crippen LogP contribution in [0.15, 0.2) is 41.5 Å². The Morgan fingerprint density at radius 3 is 1.80 bits per heavy atom. The highest BCUT2D eigenvalue weighted by Crippen LogP contribution is 2.55. The van der Waals surface area contributed by atoms with Gasteiger partial charge in [-0.25, -0.2) is 4.79 Å². The molecule has 0 saturated carbocycles. The van der Waals surface area contributed by atoms with Gasteiger partial charge in [0.1, 0.15) is 39.8 Å². The number of aromatic carboxylic acids is 1. The lowest BCUT2D eigenvalue weighted by molar-refractivity contribution is 0.0103. The summed E-state index contributed by atoms with van der Waals surface area (Å²) in [6, 6.07) is 6.00. The van der Waals surface area contributed by atoms with Gasteiger partial charge >= 0.3 is 5.97 Å². The van der Waals surface area contributed by atoms with E-state index in [9.17, 15) is 20.1 Å². The molecule has 2 heterocycles. The van der Waals surface area contributed by atoms with Gasteiger partial charge in [-0.1, -0.05) is 62.8 Å². The Balaban J connectivity index is 0.000000192. The molecule has 6 nitrogen and oxygen atoms in total. The molecule has 3 N–H and O–H groups in total. The number of aryl methyl sites for hydroxylation is 2. The van der Waals surface area contributed by atoms with Crippen LogP contribution in [0.1, 0.15) is 164 Å². The number of aromatic hydroxyl groups is 2. The number of rotatable bonds is 9. The van der Waals surface area contributed by atoms with Crippen molar-refractivity contribution in [2.45, 2.75) is 155 Å². The molecule has 0 unspecified atom stereocenters. The molecule has 2 aliphatic carbocycles. The second kappa shape index (κ2) is 14.8. The first-order valence-electron chi connectivity index (χ1n) is 18.9. The highest BCUT2D eigenvalue weighted by Gasteiger charge is 2.47. The standard InChI is InChI=1S/C22H30O4.C21H30O2/c1-5-6-7-8-14-12-17-19(20(23)18(14)21(24)25)15-11-13(2)9-10-16(15)22(3,4)26-17;1-5-6-7-8-15-12-18(22)20-16-11-14(2)9-10-17(16)21(3,4)23-19(20)13-15/h11-12,15-16,23H,5-10H2,1-4H3,(H,24,25);11-13,16-17,22H,5-10H2,1-4H3/t15-,16-;16-,17+/m11/s1. The lowest BCUT2D eigenvalue weighted by atomic mass is 9.67. The number of hydrogen-bond acceptors (Lipinski definition) is 5. The largest absolute Gasteiger partial charge is 0.507 e. The average molecular weight is 673 g/mol. The van der Waals surface area contributed by atoms with Crippen molar-refractivity contribution < 1.29 is 29.6 Å². The topological polar surface area (TPSA) is 96.2 Å². The number of carbonyl (C=O) groups is 1. The molecular weight excluding hydrogens is 612 g/mol. The summed E-state index contributed by atoms with van der Waals surface area (Å²) in [5.74, 6) is 1.77. The van der Waals surface area contributed by atoms with E-state index in [1.165, 1.54) is 36.0 Å². The van der Waals surface area contributed by atoms with Gasteiger partial charge in [-0.05, 0) is 122 Å². The molecule has 0 amide bonds.